The number of nitrogen functional groups attached to an aromatic ring is 1. The Morgan fingerprint density at radius 3 is 2.44 bits per heavy atom. The molecule has 1 fully saturated rings. The SMILES string of the molecule is CC(=Nc1c(N)cc(-c2c(C)noc2C)cc1C(O)(c1ccccn1)c1ccc(C)nc1C)C1CC1. The molecule has 1 aliphatic rings. The van der Waals surface area contributed by atoms with Crippen molar-refractivity contribution in [2.45, 2.75) is 53.1 Å². The highest BCUT2D eigenvalue weighted by atomic mass is 16.5. The summed E-state index contributed by atoms with van der Waals surface area (Å²) >= 11 is 0. The largest absolute Gasteiger partial charge is 0.397 e. The summed E-state index contributed by atoms with van der Waals surface area (Å²) in [4.78, 5) is 14.3. The van der Waals surface area contributed by atoms with Gasteiger partial charge in [-0.15, -0.1) is 0 Å². The van der Waals surface area contributed by atoms with Crippen molar-refractivity contribution >= 4 is 17.1 Å². The number of nitrogens with two attached hydrogens (primary N) is 1. The van der Waals surface area contributed by atoms with Gasteiger partial charge in [0.1, 0.15) is 5.76 Å². The molecule has 3 heterocycles. The molecule has 184 valence electrons. The van der Waals surface area contributed by atoms with Crippen LogP contribution in [0.3, 0.4) is 0 Å². The summed E-state index contributed by atoms with van der Waals surface area (Å²) in [6.45, 7) is 9.62. The van der Waals surface area contributed by atoms with E-state index in [4.69, 9.17) is 15.2 Å². The maximum absolute atomic E-state index is 12.8. The van der Waals surface area contributed by atoms with Crippen molar-refractivity contribution in [2.75, 3.05) is 5.73 Å². The Bertz CT molecular complexity index is 1450. The predicted octanol–water partition coefficient (Wildman–Crippen LogP) is 5.73. The van der Waals surface area contributed by atoms with Crippen molar-refractivity contribution in [3.8, 4) is 11.1 Å². The maximum Gasteiger partial charge on any atom is 0.161 e. The number of pyridine rings is 2. The van der Waals surface area contributed by atoms with Gasteiger partial charge in [-0.25, -0.2) is 0 Å². The minimum absolute atomic E-state index is 0.449. The summed E-state index contributed by atoms with van der Waals surface area (Å²) in [5.41, 5.74) is 12.7. The summed E-state index contributed by atoms with van der Waals surface area (Å²) < 4.78 is 5.45. The van der Waals surface area contributed by atoms with Crippen LogP contribution < -0.4 is 5.73 Å². The van der Waals surface area contributed by atoms with E-state index in [1.54, 1.807) is 6.20 Å². The molecule has 36 heavy (non-hydrogen) atoms. The summed E-state index contributed by atoms with van der Waals surface area (Å²) in [6, 6.07) is 13.1. The fourth-order valence-electron chi connectivity index (χ4n) is 4.93. The zero-order valence-electron chi connectivity index (χ0n) is 21.3. The van der Waals surface area contributed by atoms with Gasteiger partial charge >= 0.3 is 0 Å². The van der Waals surface area contributed by atoms with E-state index in [0.717, 1.165) is 41.1 Å². The Labute approximate surface area is 211 Å². The molecular weight excluding hydrogens is 450 g/mol. The number of benzene rings is 1. The first-order valence-corrected chi connectivity index (χ1v) is 12.2. The van der Waals surface area contributed by atoms with Crippen molar-refractivity contribution in [1.29, 1.82) is 0 Å². The van der Waals surface area contributed by atoms with Crippen LogP contribution in [0.2, 0.25) is 0 Å². The molecule has 1 aromatic carbocycles. The molecule has 0 aliphatic heterocycles. The van der Waals surface area contributed by atoms with Crippen LogP contribution in [0.1, 0.15) is 59.4 Å². The molecule has 0 spiro atoms. The van der Waals surface area contributed by atoms with E-state index in [2.05, 4.69) is 15.1 Å². The van der Waals surface area contributed by atoms with Gasteiger partial charge in [-0.1, -0.05) is 17.3 Å². The lowest BCUT2D eigenvalue weighted by molar-refractivity contribution is 0.120. The molecule has 7 heteroatoms. The average molecular weight is 482 g/mol. The van der Waals surface area contributed by atoms with Crippen LogP contribution >= 0.6 is 0 Å². The van der Waals surface area contributed by atoms with Gasteiger partial charge in [0.15, 0.2) is 5.60 Å². The van der Waals surface area contributed by atoms with Crippen LogP contribution in [-0.2, 0) is 5.60 Å². The third-order valence-electron chi connectivity index (χ3n) is 6.96. The number of aryl methyl sites for hydroxylation is 4. The van der Waals surface area contributed by atoms with Crippen LogP contribution in [-0.4, -0.2) is 25.9 Å². The maximum atomic E-state index is 12.8. The highest BCUT2D eigenvalue weighted by Gasteiger charge is 2.40. The van der Waals surface area contributed by atoms with Gasteiger partial charge in [0.2, 0.25) is 0 Å². The minimum atomic E-state index is -1.65. The Morgan fingerprint density at radius 1 is 1.06 bits per heavy atom. The van der Waals surface area contributed by atoms with Crippen molar-refractivity contribution in [1.82, 2.24) is 15.1 Å². The van der Waals surface area contributed by atoms with Crippen LogP contribution in [0, 0.1) is 33.6 Å². The molecule has 0 amide bonds. The molecule has 5 rings (SSSR count). The Morgan fingerprint density at radius 2 is 1.83 bits per heavy atom. The Hall–Kier alpha value is -3.84. The number of aliphatic hydroxyl groups is 1. The lowest BCUT2D eigenvalue weighted by Gasteiger charge is -2.32. The zero-order chi connectivity index (χ0) is 25.6. The Kier molecular flexibility index (Phi) is 5.96. The molecule has 0 radical (unpaired) electrons. The first kappa shape index (κ1) is 23.9. The van der Waals surface area contributed by atoms with Crippen molar-refractivity contribution < 1.29 is 9.63 Å². The molecule has 1 aliphatic carbocycles. The second-order valence-electron chi connectivity index (χ2n) is 9.70. The van der Waals surface area contributed by atoms with Crippen molar-refractivity contribution in [2.24, 2.45) is 10.9 Å². The van der Waals surface area contributed by atoms with Gasteiger partial charge in [0.05, 0.1) is 22.8 Å². The number of aromatic nitrogens is 3. The number of anilines is 1. The molecule has 3 N–H and O–H groups in total. The highest BCUT2D eigenvalue weighted by Crippen LogP contribution is 2.47. The normalized spacial score (nSPS) is 15.7. The summed E-state index contributed by atoms with van der Waals surface area (Å²) in [5, 5.41) is 16.9. The quantitative estimate of drug-likeness (QED) is 0.269. The molecule has 1 saturated carbocycles. The third kappa shape index (κ3) is 4.09. The topological polar surface area (TPSA) is 110 Å². The second kappa shape index (κ2) is 8.99. The molecular formula is C29H31N5O2. The number of hydrogen-bond donors (Lipinski definition) is 2. The lowest BCUT2D eigenvalue weighted by Crippen LogP contribution is -2.32. The number of hydrogen-bond acceptors (Lipinski definition) is 7. The van der Waals surface area contributed by atoms with Gasteiger partial charge < -0.3 is 15.4 Å². The molecule has 7 nitrogen and oxygen atoms in total. The average Bonchev–Trinajstić information content (AvgIpc) is 3.65. The first-order chi connectivity index (χ1) is 17.2. The minimum Gasteiger partial charge on any atom is -0.397 e. The van der Waals surface area contributed by atoms with Gasteiger partial charge in [-0.2, -0.15) is 0 Å². The van der Waals surface area contributed by atoms with Gasteiger partial charge in [0, 0.05) is 40.0 Å². The van der Waals surface area contributed by atoms with Crippen LogP contribution in [0.4, 0.5) is 11.4 Å². The number of aliphatic imine (C=N–C) groups is 1. The highest BCUT2D eigenvalue weighted by molar-refractivity contribution is 5.92. The van der Waals surface area contributed by atoms with Crippen LogP contribution in [0.15, 0.2) is 58.2 Å². The van der Waals surface area contributed by atoms with Gasteiger partial charge in [0.25, 0.3) is 0 Å². The summed E-state index contributed by atoms with van der Waals surface area (Å²) in [5.74, 6) is 1.13. The van der Waals surface area contributed by atoms with E-state index in [1.807, 2.05) is 77.1 Å². The van der Waals surface area contributed by atoms with E-state index in [9.17, 15) is 5.11 Å². The molecule has 0 saturated heterocycles. The molecule has 4 aromatic rings. The number of rotatable bonds is 6. The molecule has 1 unspecified atom stereocenters. The van der Waals surface area contributed by atoms with E-state index < -0.39 is 5.60 Å². The summed E-state index contributed by atoms with van der Waals surface area (Å²) in [6.07, 6.45) is 3.91. The van der Waals surface area contributed by atoms with E-state index in [-0.39, 0.29) is 0 Å². The van der Waals surface area contributed by atoms with E-state index in [0.29, 0.717) is 45.6 Å². The van der Waals surface area contributed by atoms with Gasteiger partial charge in [-0.05, 0) is 89.3 Å². The van der Waals surface area contributed by atoms with E-state index >= 15 is 0 Å². The summed E-state index contributed by atoms with van der Waals surface area (Å²) in [7, 11) is 0. The fourth-order valence-corrected chi connectivity index (χ4v) is 4.93. The standard InChI is InChI=1S/C29H31N5O2/c1-16-9-12-23(18(3)32-16)29(35,26-8-6-7-13-31-26)24-14-22(27-19(4)34-36-20(27)5)15-25(30)28(24)33-17(2)21-10-11-21/h6-9,12-15,21,35H,10-11,30H2,1-5H3. The third-order valence-corrected chi connectivity index (χ3v) is 6.96. The predicted molar refractivity (Wildman–Crippen MR) is 141 cm³/mol. The molecule has 1 atom stereocenters. The smallest absolute Gasteiger partial charge is 0.161 e. The first-order valence-electron chi connectivity index (χ1n) is 12.2. The molecule has 3 aromatic heterocycles. The van der Waals surface area contributed by atoms with Crippen LogP contribution in [0.25, 0.3) is 11.1 Å². The zero-order valence-corrected chi connectivity index (χ0v) is 21.3. The second-order valence-corrected chi connectivity index (χ2v) is 9.70. The Balaban J connectivity index is 1.87. The molecule has 0 bridgehead atoms. The van der Waals surface area contributed by atoms with Crippen LogP contribution in [0.5, 0.6) is 0 Å². The monoisotopic (exact) mass is 481 g/mol. The fraction of sp³-hybridized carbons (Fsp3) is 0.310. The van der Waals surface area contributed by atoms with Gasteiger partial charge in [-0.3, -0.25) is 15.0 Å². The number of nitrogens with zero attached hydrogens (tertiary/aromatic N) is 4. The van der Waals surface area contributed by atoms with E-state index in [1.165, 1.54) is 0 Å². The lowest BCUT2D eigenvalue weighted by atomic mass is 9.79. The van der Waals surface area contributed by atoms with Crippen molar-refractivity contribution in [3.63, 3.8) is 0 Å². The van der Waals surface area contributed by atoms with Crippen molar-refractivity contribution in [3.05, 3.63) is 88.3 Å².